The third-order valence-electron chi connectivity index (χ3n) is 6.51. The van der Waals surface area contributed by atoms with Crippen molar-refractivity contribution in [2.75, 3.05) is 5.32 Å². The number of rotatable bonds is 3. The number of nitrogens with zero attached hydrogens (tertiary/aromatic N) is 2. The Kier molecular flexibility index (Phi) is 3.20. The zero-order valence-electron chi connectivity index (χ0n) is 14.1. The van der Waals surface area contributed by atoms with Crippen LogP contribution in [-0.2, 0) is 0 Å². The van der Waals surface area contributed by atoms with E-state index < -0.39 is 5.60 Å². The van der Waals surface area contributed by atoms with Crippen LogP contribution in [0.25, 0.3) is 17.1 Å². The standard InChI is InChI=1S/C20H22N4O/c21-4-1-2-13-11-23-19-16(3-5-22-19)18(13)24-17-14-6-12-7-15(17)10-20(25,8-12)9-14/h1-3,5,11-12,14-15,17,25H,6-10H2,(H2,22,23,24)/b2-1+. The van der Waals surface area contributed by atoms with Crippen LogP contribution in [0.4, 0.5) is 5.69 Å². The monoisotopic (exact) mass is 334 g/mol. The van der Waals surface area contributed by atoms with Gasteiger partial charge in [-0.05, 0) is 62.0 Å². The molecule has 128 valence electrons. The van der Waals surface area contributed by atoms with Gasteiger partial charge < -0.3 is 15.4 Å². The second kappa shape index (κ2) is 5.34. The highest BCUT2D eigenvalue weighted by atomic mass is 16.3. The average Bonchev–Trinajstić information content (AvgIpc) is 3.04. The molecule has 6 rings (SSSR count). The van der Waals surface area contributed by atoms with Crippen molar-refractivity contribution >= 4 is 22.8 Å². The summed E-state index contributed by atoms with van der Waals surface area (Å²) in [6, 6.07) is 4.50. The number of nitriles is 1. The lowest BCUT2D eigenvalue weighted by Gasteiger charge is -2.58. The van der Waals surface area contributed by atoms with Crippen LogP contribution in [0.1, 0.15) is 37.7 Å². The van der Waals surface area contributed by atoms with Crippen LogP contribution >= 0.6 is 0 Å². The number of nitrogens with one attached hydrogen (secondary N) is 2. The molecule has 0 saturated heterocycles. The van der Waals surface area contributed by atoms with Crippen molar-refractivity contribution in [3.05, 3.63) is 30.1 Å². The predicted octanol–water partition coefficient (Wildman–Crippen LogP) is 3.45. The number of pyridine rings is 1. The van der Waals surface area contributed by atoms with Gasteiger partial charge in [-0.15, -0.1) is 0 Å². The third kappa shape index (κ3) is 2.36. The van der Waals surface area contributed by atoms with Crippen LogP contribution in [0.3, 0.4) is 0 Å². The minimum Gasteiger partial charge on any atom is -0.390 e. The summed E-state index contributed by atoms with van der Waals surface area (Å²) in [4.78, 5) is 7.62. The Morgan fingerprint density at radius 3 is 2.84 bits per heavy atom. The fourth-order valence-corrected chi connectivity index (χ4v) is 5.82. The van der Waals surface area contributed by atoms with E-state index in [4.69, 9.17) is 5.26 Å². The smallest absolute Gasteiger partial charge is 0.139 e. The van der Waals surface area contributed by atoms with Crippen molar-refractivity contribution in [2.45, 2.75) is 43.7 Å². The molecule has 5 nitrogen and oxygen atoms in total. The highest BCUT2D eigenvalue weighted by Crippen LogP contribution is 2.56. The highest BCUT2D eigenvalue weighted by Gasteiger charge is 2.54. The largest absolute Gasteiger partial charge is 0.390 e. The SMILES string of the molecule is N#C/C=C/c1cnc2[nH]ccc2c1NC1C2CC3CC1CC(O)(C3)C2. The van der Waals surface area contributed by atoms with Gasteiger partial charge in [0.25, 0.3) is 0 Å². The third-order valence-corrected chi connectivity index (χ3v) is 6.51. The topological polar surface area (TPSA) is 84.7 Å². The highest BCUT2D eigenvalue weighted by molar-refractivity contribution is 5.94. The van der Waals surface area contributed by atoms with Crippen molar-refractivity contribution in [2.24, 2.45) is 17.8 Å². The van der Waals surface area contributed by atoms with Crippen molar-refractivity contribution in [1.29, 1.82) is 5.26 Å². The van der Waals surface area contributed by atoms with E-state index in [1.54, 1.807) is 0 Å². The van der Waals surface area contributed by atoms with Gasteiger partial charge in [0, 0.05) is 35.5 Å². The van der Waals surface area contributed by atoms with Gasteiger partial charge in [0.05, 0.1) is 17.4 Å². The Morgan fingerprint density at radius 2 is 2.12 bits per heavy atom. The number of aliphatic hydroxyl groups is 1. The molecule has 4 bridgehead atoms. The number of hydrogen-bond donors (Lipinski definition) is 3. The van der Waals surface area contributed by atoms with E-state index in [1.807, 2.05) is 24.5 Å². The average molecular weight is 334 g/mol. The van der Waals surface area contributed by atoms with Crippen LogP contribution in [0.2, 0.25) is 0 Å². The lowest BCUT2D eigenvalue weighted by Crippen LogP contribution is -2.59. The Bertz CT molecular complexity index is 877. The van der Waals surface area contributed by atoms with E-state index in [0.29, 0.717) is 23.8 Å². The summed E-state index contributed by atoms with van der Waals surface area (Å²) in [6.45, 7) is 0. The van der Waals surface area contributed by atoms with E-state index >= 15 is 0 Å². The fraction of sp³-hybridized carbons (Fsp3) is 0.500. The first-order valence-corrected chi connectivity index (χ1v) is 9.16. The molecule has 0 amide bonds. The minimum atomic E-state index is -0.417. The number of hydrogen-bond acceptors (Lipinski definition) is 4. The Balaban J connectivity index is 1.53. The number of aromatic nitrogens is 2. The molecule has 2 atom stereocenters. The van der Waals surface area contributed by atoms with Gasteiger partial charge in [-0.25, -0.2) is 4.98 Å². The zero-order chi connectivity index (χ0) is 17.0. The normalized spacial score (nSPS) is 36.2. The molecule has 5 heteroatoms. The van der Waals surface area contributed by atoms with Gasteiger partial charge in [0.2, 0.25) is 0 Å². The quantitative estimate of drug-likeness (QED) is 0.751. The second-order valence-corrected chi connectivity index (χ2v) is 8.16. The summed E-state index contributed by atoms with van der Waals surface area (Å²) >= 11 is 0. The minimum absolute atomic E-state index is 0.395. The molecule has 4 aliphatic rings. The van der Waals surface area contributed by atoms with Crippen molar-refractivity contribution in [3.8, 4) is 6.07 Å². The first-order valence-electron chi connectivity index (χ1n) is 9.16. The Labute approximate surface area is 146 Å². The summed E-state index contributed by atoms with van der Waals surface area (Å²) in [5.74, 6) is 1.76. The molecule has 4 saturated carbocycles. The van der Waals surface area contributed by atoms with Crippen molar-refractivity contribution < 1.29 is 5.11 Å². The van der Waals surface area contributed by atoms with Crippen LogP contribution in [0.5, 0.6) is 0 Å². The number of aromatic amines is 1. The van der Waals surface area contributed by atoms with Crippen LogP contribution in [-0.4, -0.2) is 26.7 Å². The molecule has 4 aliphatic carbocycles. The predicted molar refractivity (Wildman–Crippen MR) is 96.7 cm³/mol. The molecule has 2 unspecified atom stereocenters. The molecule has 2 aromatic heterocycles. The molecule has 3 N–H and O–H groups in total. The van der Waals surface area contributed by atoms with E-state index in [0.717, 1.165) is 41.5 Å². The molecule has 4 fully saturated rings. The molecule has 2 aromatic rings. The van der Waals surface area contributed by atoms with E-state index in [-0.39, 0.29) is 0 Å². The van der Waals surface area contributed by atoms with Crippen LogP contribution in [0.15, 0.2) is 24.5 Å². The zero-order valence-corrected chi connectivity index (χ0v) is 14.1. The first kappa shape index (κ1) is 15.0. The maximum Gasteiger partial charge on any atom is 0.139 e. The Hall–Kier alpha value is -2.32. The number of anilines is 1. The molecule has 0 spiro atoms. The molecule has 25 heavy (non-hydrogen) atoms. The van der Waals surface area contributed by atoms with Gasteiger partial charge in [-0.3, -0.25) is 0 Å². The molecule has 0 aromatic carbocycles. The fourth-order valence-electron chi connectivity index (χ4n) is 5.82. The first-order chi connectivity index (χ1) is 12.1. The van der Waals surface area contributed by atoms with Gasteiger partial charge in [-0.2, -0.15) is 5.26 Å². The van der Waals surface area contributed by atoms with Gasteiger partial charge in [0.1, 0.15) is 5.65 Å². The number of H-pyrrole nitrogens is 1. The summed E-state index contributed by atoms with van der Waals surface area (Å²) in [5, 5.41) is 24.6. The molecule has 2 heterocycles. The summed E-state index contributed by atoms with van der Waals surface area (Å²) < 4.78 is 0. The summed E-state index contributed by atoms with van der Waals surface area (Å²) in [7, 11) is 0. The Morgan fingerprint density at radius 1 is 1.32 bits per heavy atom. The van der Waals surface area contributed by atoms with Crippen LogP contribution < -0.4 is 5.32 Å². The van der Waals surface area contributed by atoms with E-state index in [9.17, 15) is 5.11 Å². The van der Waals surface area contributed by atoms with Gasteiger partial charge in [-0.1, -0.05) is 0 Å². The van der Waals surface area contributed by atoms with Crippen molar-refractivity contribution in [3.63, 3.8) is 0 Å². The van der Waals surface area contributed by atoms with Gasteiger partial charge >= 0.3 is 0 Å². The van der Waals surface area contributed by atoms with Crippen molar-refractivity contribution in [1.82, 2.24) is 9.97 Å². The second-order valence-electron chi connectivity index (χ2n) is 8.16. The molecule has 0 radical (unpaired) electrons. The lowest BCUT2D eigenvalue weighted by atomic mass is 9.52. The molecular formula is C20H22N4O. The number of allylic oxidation sites excluding steroid dienone is 1. The molecular weight excluding hydrogens is 312 g/mol. The maximum atomic E-state index is 10.8. The van der Waals surface area contributed by atoms with E-state index in [1.165, 1.54) is 18.9 Å². The maximum absolute atomic E-state index is 10.8. The summed E-state index contributed by atoms with van der Waals surface area (Å²) in [5.41, 5.74) is 2.45. The van der Waals surface area contributed by atoms with E-state index in [2.05, 4.69) is 21.4 Å². The van der Waals surface area contributed by atoms with Gasteiger partial charge in [0.15, 0.2) is 0 Å². The summed E-state index contributed by atoms with van der Waals surface area (Å²) in [6.07, 6.45) is 12.3. The lowest BCUT2D eigenvalue weighted by molar-refractivity contribution is -0.129. The number of fused-ring (bicyclic) bond motifs is 1. The molecule has 0 aliphatic heterocycles. The van der Waals surface area contributed by atoms with Crippen LogP contribution in [0, 0.1) is 29.1 Å².